The van der Waals surface area contributed by atoms with E-state index in [1.807, 2.05) is 0 Å². The summed E-state index contributed by atoms with van der Waals surface area (Å²) in [7, 11) is 0. The molecule has 144 valence electrons. The van der Waals surface area contributed by atoms with E-state index in [0.717, 1.165) is 24.5 Å². The molecule has 4 rings (SSSR count). The molecule has 2 aliphatic carbocycles. The van der Waals surface area contributed by atoms with Gasteiger partial charge in [-0.05, 0) is 49.7 Å². The predicted molar refractivity (Wildman–Crippen MR) is 91.7 cm³/mol. The minimum Gasteiger partial charge on any atom is -0.356 e. The van der Waals surface area contributed by atoms with Crippen molar-refractivity contribution in [3.05, 3.63) is 23.4 Å². The fourth-order valence-corrected chi connectivity index (χ4v) is 4.80. The van der Waals surface area contributed by atoms with Crippen LogP contribution in [0.3, 0.4) is 0 Å². The smallest absolute Gasteiger partial charge is 0.356 e. The highest BCUT2D eigenvalue weighted by Crippen LogP contribution is 2.44. The molecule has 1 aromatic heterocycles. The van der Waals surface area contributed by atoms with E-state index >= 15 is 0 Å². The van der Waals surface area contributed by atoms with Crippen LogP contribution in [-0.2, 0) is 11.0 Å². The molecule has 8 heteroatoms. The number of rotatable bonds is 3. The Morgan fingerprint density at radius 1 is 1.26 bits per heavy atom. The number of alkyl halides is 3. The molecule has 3 fully saturated rings. The summed E-state index contributed by atoms with van der Waals surface area (Å²) in [5.41, 5.74) is -1.16. The molecule has 1 N–H and O–H groups in total. The topological polar surface area (TPSA) is 69.0 Å². The van der Waals surface area contributed by atoms with Crippen molar-refractivity contribution in [2.24, 2.45) is 17.8 Å². The van der Waals surface area contributed by atoms with Crippen LogP contribution in [0, 0.1) is 29.1 Å². The molecule has 0 aromatic carbocycles. The SMILES string of the molecule is N#Cc1cc(C(F)(F)F)cc(N2CC[C@H](C(=O)N[C@@H]3C[C@@H]4CC[C@H]3C4)C2)n1. The lowest BCUT2D eigenvalue weighted by Gasteiger charge is -2.24. The molecule has 1 amide bonds. The second kappa shape index (κ2) is 6.70. The first-order chi connectivity index (χ1) is 12.8. The van der Waals surface area contributed by atoms with E-state index in [-0.39, 0.29) is 29.4 Å². The van der Waals surface area contributed by atoms with Crippen molar-refractivity contribution in [2.75, 3.05) is 18.0 Å². The zero-order valence-corrected chi connectivity index (χ0v) is 14.8. The van der Waals surface area contributed by atoms with Crippen molar-refractivity contribution in [1.82, 2.24) is 10.3 Å². The van der Waals surface area contributed by atoms with Gasteiger partial charge in [0, 0.05) is 19.1 Å². The number of fused-ring (bicyclic) bond motifs is 2. The largest absolute Gasteiger partial charge is 0.416 e. The Morgan fingerprint density at radius 3 is 2.70 bits per heavy atom. The van der Waals surface area contributed by atoms with Gasteiger partial charge in [0.1, 0.15) is 17.6 Å². The third-order valence-electron chi connectivity index (χ3n) is 6.20. The summed E-state index contributed by atoms with van der Waals surface area (Å²) in [6.07, 6.45) is 0.725. The molecule has 2 heterocycles. The lowest BCUT2D eigenvalue weighted by atomic mass is 9.94. The lowest BCUT2D eigenvalue weighted by molar-refractivity contribution is -0.137. The molecule has 2 bridgehead atoms. The number of carbonyl (C=O) groups is 1. The molecule has 0 spiro atoms. The number of nitriles is 1. The van der Waals surface area contributed by atoms with Crippen molar-refractivity contribution in [1.29, 1.82) is 5.26 Å². The number of aromatic nitrogens is 1. The van der Waals surface area contributed by atoms with Gasteiger partial charge in [-0.1, -0.05) is 6.42 Å². The van der Waals surface area contributed by atoms with Gasteiger partial charge in [0.05, 0.1) is 11.5 Å². The number of hydrogen-bond donors (Lipinski definition) is 1. The number of nitrogens with zero attached hydrogens (tertiary/aromatic N) is 3. The first-order valence-electron chi connectivity index (χ1n) is 9.38. The van der Waals surface area contributed by atoms with Crippen LogP contribution in [0.1, 0.15) is 43.4 Å². The fraction of sp³-hybridized carbons (Fsp3) is 0.632. The summed E-state index contributed by atoms with van der Waals surface area (Å²) < 4.78 is 39.2. The van der Waals surface area contributed by atoms with Crippen LogP contribution in [0.15, 0.2) is 12.1 Å². The molecule has 2 saturated carbocycles. The van der Waals surface area contributed by atoms with Gasteiger partial charge < -0.3 is 10.2 Å². The number of pyridine rings is 1. The van der Waals surface area contributed by atoms with E-state index in [4.69, 9.17) is 5.26 Å². The van der Waals surface area contributed by atoms with Gasteiger partial charge in [-0.3, -0.25) is 4.79 Å². The second-order valence-electron chi connectivity index (χ2n) is 7.93. The molecule has 0 unspecified atom stereocenters. The third kappa shape index (κ3) is 3.60. The highest BCUT2D eigenvalue weighted by Gasteiger charge is 2.41. The van der Waals surface area contributed by atoms with E-state index in [9.17, 15) is 18.0 Å². The van der Waals surface area contributed by atoms with Gasteiger partial charge in [0.15, 0.2) is 0 Å². The highest BCUT2D eigenvalue weighted by molar-refractivity contribution is 5.80. The van der Waals surface area contributed by atoms with Crippen molar-refractivity contribution in [3.8, 4) is 6.07 Å². The van der Waals surface area contributed by atoms with E-state index in [1.54, 1.807) is 11.0 Å². The zero-order valence-electron chi connectivity index (χ0n) is 14.8. The minimum atomic E-state index is -4.54. The number of nitrogens with one attached hydrogen (secondary N) is 1. The monoisotopic (exact) mass is 378 g/mol. The summed E-state index contributed by atoms with van der Waals surface area (Å²) in [4.78, 5) is 18.3. The van der Waals surface area contributed by atoms with Crippen molar-refractivity contribution in [2.45, 2.75) is 44.3 Å². The first kappa shape index (κ1) is 18.1. The average molecular weight is 378 g/mol. The number of hydrogen-bond acceptors (Lipinski definition) is 4. The molecule has 1 aromatic rings. The molecular weight excluding hydrogens is 357 g/mol. The Morgan fingerprint density at radius 2 is 2.07 bits per heavy atom. The van der Waals surface area contributed by atoms with Crippen LogP contribution in [-0.4, -0.2) is 30.0 Å². The second-order valence-corrected chi connectivity index (χ2v) is 7.93. The van der Waals surface area contributed by atoms with Gasteiger partial charge in [-0.25, -0.2) is 4.98 Å². The summed E-state index contributed by atoms with van der Waals surface area (Å²) >= 11 is 0. The lowest BCUT2D eigenvalue weighted by Crippen LogP contribution is -2.42. The van der Waals surface area contributed by atoms with Crippen molar-refractivity contribution < 1.29 is 18.0 Å². The summed E-state index contributed by atoms with van der Waals surface area (Å²) in [6.45, 7) is 0.778. The third-order valence-corrected chi connectivity index (χ3v) is 6.20. The number of halogens is 3. The first-order valence-corrected chi connectivity index (χ1v) is 9.38. The maximum Gasteiger partial charge on any atom is 0.416 e. The molecule has 5 nitrogen and oxygen atoms in total. The van der Waals surface area contributed by atoms with E-state index < -0.39 is 11.7 Å². The maximum absolute atomic E-state index is 13.1. The Kier molecular flexibility index (Phi) is 4.49. The zero-order chi connectivity index (χ0) is 19.2. The normalized spacial score (nSPS) is 29.8. The number of carbonyl (C=O) groups excluding carboxylic acids is 1. The summed E-state index contributed by atoms with van der Waals surface area (Å²) in [6, 6.07) is 3.64. The van der Waals surface area contributed by atoms with E-state index in [2.05, 4.69) is 10.3 Å². The minimum absolute atomic E-state index is 0.0115. The molecule has 3 aliphatic rings. The van der Waals surface area contributed by atoms with Crippen LogP contribution in [0.4, 0.5) is 19.0 Å². The number of anilines is 1. The van der Waals surface area contributed by atoms with Crippen LogP contribution < -0.4 is 10.2 Å². The standard InChI is InChI=1S/C19H21F3N4O/c20-19(21,22)14-7-15(9-23)24-17(8-14)26-4-3-13(10-26)18(27)25-16-6-11-1-2-12(16)5-11/h7-8,11-13,16H,1-6,10H2,(H,25,27)/t11-,12+,13+,16-/m1/s1. The number of amides is 1. The van der Waals surface area contributed by atoms with E-state index in [0.29, 0.717) is 25.4 Å². The molecular formula is C19H21F3N4O. The Labute approximate surface area is 155 Å². The molecule has 4 atom stereocenters. The summed E-state index contributed by atoms with van der Waals surface area (Å²) in [5, 5.41) is 12.1. The van der Waals surface area contributed by atoms with Crippen LogP contribution in [0.5, 0.6) is 0 Å². The molecule has 0 radical (unpaired) electrons. The van der Waals surface area contributed by atoms with Crippen molar-refractivity contribution >= 4 is 11.7 Å². The molecule has 1 saturated heterocycles. The highest BCUT2D eigenvalue weighted by atomic mass is 19.4. The summed E-state index contributed by atoms with van der Waals surface area (Å²) in [5.74, 6) is 1.16. The van der Waals surface area contributed by atoms with Gasteiger partial charge >= 0.3 is 6.18 Å². The van der Waals surface area contributed by atoms with Gasteiger partial charge in [-0.15, -0.1) is 0 Å². The predicted octanol–water partition coefficient (Wildman–Crippen LogP) is 3.10. The average Bonchev–Trinajstić information content (AvgIpc) is 3.37. The van der Waals surface area contributed by atoms with Gasteiger partial charge in [-0.2, -0.15) is 18.4 Å². The molecule has 27 heavy (non-hydrogen) atoms. The fourth-order valence-electron chi connectivity index (χ4n) is 4.80. The Bertz CT molecular complexity index is 788. The Balaban J connectivity index is 1.43. The van der Waals surface area contributed by atoms with Crippen LogP contribution >= 0.6 is 0 Å². The Hall–Kier alpha value is -2.30. The van der Waals surface area contributed by atoms with E-state index in [1.165, 1.54) is 19.3 Å². The molecule has 1 aliphatic heterocycles. The maximum atomic E-state index is 13.1. The quantitative estimate of drug-likeness (QED) is 0.878. The van der Waals surface area contributed by atoms with Crippen LogP contribution in [0.25, 0.3) is 0 Å². The van der Waals surface area contributed by atoms with Crippen molar-refractivity contribution in [3.63, 3.8) is 0 Å². The van der Waals surface area contributed by atoms with Crippen LogP contribution in [0.2, 0.25) is 0 Å². The van der Waals surface area contributed by atoms with Gasteiger partial charge in [0.2, 0.25) is 5.91 Å². The van der Waals surface area contributed by atoms with Gasteiger partial charge in [0.25, 0.3) is 0 Å².